The number of rotatable bonds is 6. The van der Waals surface area contributed by atoms with Gasteiger partial charge < -0.3 is 10.6 Å². The predicted molar refractivity (Wildman–Crippen MR) is 78.8 cm³/mol. The molecule has 0 aliphatic rings. The fourth-order valence-corrected chi connectivity index (χ4v) is 1.99. The van der Waals surface area contributed by atoms with Crippen LogP contribution >= 0.6 is 23.8 Å². The van der Waals surface area contributed by atoms with Crippen LogP contribution in [0.2, 0.25) is 5.02 Å². The van der Waals surface area contributed by atoms with E-state index in [1.165, 1.54) is 12.1 Å². The second kappa shape index (κ2) is 7.40. The van der Waals surface area contributed by atoms with E-state index >= 15 is 0 Å². The maximum atomic E-state index is 13.6. The van der Waals surface area contributed by atoms with Crippen LogP contribution in [-0.4, -0.2) is 28.9 Å². The Kier molecular flexibility index (Phi) is 6.18. The molecule has 0 radical (unpaired) electrons. The van der Waals surface area contributed by atoms with Crippen molar-refractivity contribution >= 4 is 34.7 Å². The fraction of sp³-hybridized carbons (Fsp3) is 0.385. The van der Waals surface area contributed by atoms with Gasteiger partial charge in [-0.1, -0.05) is 29.9 Å². The van der Waals surface area contributed by atoms with E-state index in [1.807, 2.05) is 6.92 Å². The molecule has 6 heteroatoms. The minimum atomic E-state index is -0.466. The Morgan fingerprint density at radius 3 is 2.74 bits per heavy atom. The van der Waals surface area contributed by atoms with E-state index in [1.54, 1.807) is 11.0 Å². The summed E-state index contributed by atoms with van der Waals surface area (Å²) in [6.45, 7) is 2.81. The summed E-state index contributed by atoms with van der Waals surface area (Å²) in [5, 5.41) is 0.263. The van der Waals surface area contributed by atoms with Gasteiger partial charge in [0.05, 0.1) is 11.4 Å². The Labute approximate surface area is 122 Å². The van der Waals surface area contributed by atoms with Gasteiger partial charge in [0.2, 0.25) is 5.91 Å². The number of nitrogens with zero attached hydrogens (tertiary/aromatic N) is 1. The molecule has 0 aromatic heterocycles. The molecule has 0 aliphatic heterocycles. The van der Waals surface area contributed by atoms with Gasteiger partial charge >= 0.3 is 0 Å². The zero-order valence-electron chi connectivity index (χ0n) is 10.7. The molecule has 0 spiro atoms. The number of halogens is 2. The summed E-state index contributed by atoms with van der Waals surface area (Å²) in [5.74, 6) is -0.656. The van der Waals surface area contributed by atoms with Gasteiger partial charge in [-0.3, -0.25) is 4.79 Å². The number of nitrogens with two attached hydrogens (primary N) is 1. The van der Waals surface area contributed by atoms with E-state index in [9.17, 15) is 9.18 Å². The van der Waals surface area contributed by atoms with E-state index in [-0.39, 0.29) is 22.9 Å². The Bertz CT molecular complexity index is 461. The molecule has 0 unspecified atom stereocenters. The van der Waals surface area contributed by atoms with Crippen LogP contribution in [-0.2, 0) is 11.2 Å². The summed E-state index contributed by atoms with van der Waals surface area (Å²) in [6.07, 6.45) is 0.399. The van der Waals surface area contributed by atoms with E-state index in [4.69, 9.17) is 29.6 Å². The highest BCUT2D eigenvalue weighted by Crippen LogP contribution is 2.20. The largest absolute Gasteiger partial charge is 0.393 e. The number of likely N-dealkylation sites (N-methyl/N-ethyl adjacent to an activating group) is 1. The Hall–Kier alpha value is -1.20. The molecule has 104 valence electrons. The van der Waals surface area contributed by atoms with Crippen molar-refractivity contribution in [1.29, 1.82) is 0 Å². The van der Waals surface area contributed by atoms with Gasteiger partial charge in [-0.2, -0.15) is 0 Å². The third kappa shape index (κ3) is 4.76. The van der Waals surface area contributed by atoms with Crippen LogP contribution in [0, 0.1) is 5.82 Å². The van der Waals surface area contributed by atoms with Crippen LogP contribution in [0.5, 0.6) is 0 Å². The molecule has 19 heavy (non-hydrogen) atoms. The minimum absolute atomic E-state index is 0.0588. The van der Waals surface area contributed by atoms with Crippen LogP contribution in [0.1, 0.15) is 18.9 Å². The van der Waals surface area contributed by atoms with E-state index in [2.05, 4.69) is 0 Å². The van der Waals surface area contributed by atoms with Crippen LogP contribution in [0.25, 0.3) is 0 Å². The summed E-state index contributed by atoms with van der Waals surface area (Å²) < 4.78 is 13.6. The molecule has 2 N–H and O–H groups in total. The minimum Gasteiger partial charge on any atom is -0.393 e. The van der Waals surface area contributed by atoms with Crippen molar-refractivity contribution in [3.8, 4) is 0 Å². The lowest BCUT2D eigenvalue weighted by Crippen LogP contribution is -2.34. The van der Waals surface area contributed by atoms with Gasteiger partial charge in [0.1, 0.15) is 5.82 Å². The first-order valence-corrected chi connectivity index (χ1v) is 6.73. The number of amides is 1. The molecular formula is C13H16ClFN2OS. The second-order valence-corrected chi connectivity index (χ2v) is 5.00. The molecule has 1 amide bonds. The van der Waals surface area contributed by atoms with E-state index in [0.717, 1.165) is 0 Å². The van der Waals surface area contributed by atoms with Crippen LogP contribution < -0.4 is 5.73 Å². The number of carbonyl (C=O) groups is 1. The molecular weight excluding hydrogens is 287 g/mol. The first-order valence-electron chi connectivity index (χ1n) is 5.94. The van der Waals surface area contributed by atoms with Crippen molar-refractivity contribution in [2.45, 2.75) is 19.8 Å². The third-order valence-electron chi connectivity index (χ3n) is 2.75. The third-order valence-corrected chi connectivity index (χ3v) is 3.31. The summed E-state index contributed by atoms with van der Waals surface area (Å²) in [6, 6.07) is 4.37. The topological polar surface area (TPSA) is 46.3 Å². The summed E-state index contributed by atoms with van der Waals surface area (Å²) in [5.41, 5.74) is 5.63. The molecule has 0 aliphatic carbocycles. The van der Waals surface area contributed by atoms with Crippen molar-refractivity contribution < 1.29 is 9.18 Å². The Morgan fingerprint density at radius 1 is 1.53 bits per heavy atom. The van der Waals surface area contributed by atoms with E-state index in [0.29, 0.717) is 24.5 Å². The van der Waals surface area contributed by atoms with Gasteiger partial charge in [-0.25, -0.2) is 4.39 Å². The average Bonchev–Trinajstić information content (AvgIpc) is 2.34. The maximum Gasteiger partial charge on any atom is 0.227 e. The van der Waals surface area contributed by atoms with Crippen LogP contribution in [0.3, 0.4) is 0 Å². The second-order valence-electron chi connectivity index (χ2n) is 4.07. The fourth-order valence-electron chi connectivity index (χ4n) is 1.67. The van der Waals surface area contributed by atoms with Gasteiger partial charge in [0.15, 0.2) is 0 Å². The molecule has 0 atom stereocenters. The smallest absolute Gasteiger partial charge is 0.227 e. The summed E-state index contributed by atoms with van der Waals surface area (Å²) in [4.78, 5) is 14.0. The van der Waals surface area contributed by atoms with Gasteiger partial charge in [-0.15, -0.1) is 0 Å². The SMILES string of the molecule is CCN(CCC(N)=S)C(=O)Cc1c(F)cccc1Cl. The van der Waals surface area contributed by atoms with Crippen molar-refractivity contribution in [3.05, 3.63) is 34.6 Å². The standard InChI is InChI=1S/C13H16ClFN2OS/c1-2-17(7-6-12(16)19)13(18)8-9-10(14)4-3-5-11(9)15/h3-5H,2,6-8H2,1H3,(H2,16,19). The van der Waals surface area contributed by atoms with Gasteiger partial charge in [0, 0.05) is 30.1 Å². The number of thiocarbonyl (C=S) groups is 1. The number of carbonyl (C=O) groups excluding carboxylic acids is 1. The summed E-state index contributed by atoms with van der Waals surface area (Å²) in [7, 11) is 0. The molecule has 0 saturated carbocycles. The predicted octanol–water partition coefficient (Wildman–Crippen LogP) is 2.55. The summed E-state index contributed by atoms with van der Waals surface area (Å²) >= 11 is 10.7. The van der Waals surface area contributed by atoms with Crippen molar-refractivity contribution in [1.82, 2.24) is 4.90 Å². The zero-order chi connectivity index (χ0) is 14.4. The molecule has 0 heterocycles. The normalized spacial score (nSPS) is 10.3. The lowest BCUT2D eigenvalue weighted by Gasteiger charge is -2.21. The maximum absolute atomic E-state index is 13.6. The highest BCUT2D eigenvalue weighted by Gasteiger charge is 2.16. The monoisotopic (exact) mass is 302 g/mol. The highest BCUT2D eigenvalue weighted by atomic mass is 35.5. The molecule has 3 nitrogen and oxygen atoms in total. The van der Waals surface area contributed by atoms with Gasteiger partial charge in [-0.05, 0) is 19.1 Å². The van der Waals surface area contributed by atoms with Crippen LogP contribution in [0.4, 0.5) is 4.39 Å². The first-order chi connectivity index (χ1) is 8.95. The molecule has 1 aromatic rings. The molecule has 0 saturated heterocycles. The van der Waals surface area contributed by atoms with Crippen LogP contribution in [0.15, 0.2) is 18.2 Å². The van der Waals surface area contributed by atoms with Crippen molar-refractivity contribution in [3.63, 3.8) is 0 Å². The van der Waals surface area contributed by atoms with Crippen molar-refractivity contribution in [2.75, 3.05) is 13.1 Å². The lowest BCUT2D eigenvalue weighted by molar-refractivity contribution is -0.130. The quantitative estimate of drug-likeness (QED) is 0.822. The number of benzene rings is 1. The Morgan fingerprint density at radius 2 is 2.21 bits per heavy atom. The molecule has 0 fully saturated rings. The average molecular weight is 303 g/mol. The van der Waals surface area contributed by atoms with Gasteiger partial charge in [0.25, 0.3) is 0 Å². The molecule has 1 aromatic carbocycles. The van der Waals surface area contributed by atoms with Crippen molar-refractivity contribution in [2.24, 2.45) is 5.73 Å². The van der Waals surface area contributed by atoms with E-state index < -0.39 is 5.82 Å². The number of hydrogen-bond donors (Lipinski definition) is 1. The molecule has 1 rings (SSSR count). The number of hydrogen-bond acceptors (Lipinski definition) is 2. The lowest BCUT2D eigenvalue weighted by atomic mass is 10.1. The highest BCUT2D eigenvalue weighted by molar-refractivity contribution is 7.80. The zero-order valence-corrected chi connectivity index (χ0v) is 12.2. The first kappa shape index (κ1) is 15.9. The molecule has 0 bridgehead atoms. The Balaban J connectivity index is 2.74.